The Balaban J connectivity index is 2.02. The van der Waals surface area contributed by atoms with Crippen molar-refractivity contribution in [2.45, 2.75) is 71.4 Å². The molecule has 1 aromatic rings. The standard InChI is InChI=1S/C19H31NO/c1-4-13-20-15(3)18-11-6-7-12-19(18)21-17-10-8-9-16(5-2)14-17/h6-7,11-12,15-17,20H,4-5,8-10,13-14H2,1-3H3. The van der Waals surface area contributed by atoms with Crippen molar-refractivity contribution >= 4 is 0 Å². The SMILES string of the molecule is CCCNC(C)c1ccccc1OC1CCCC(CC)C1. The molecule has 3 atom stereocenters. The molecule has 2 nitrogen and oxygen atoms in total. The minimum Gasteiger partial charge on any atom is -0.490 e. The average molecular weight is 289 g/mol. The largest absolute Gasteiger partial charge is 0.490 e. The van der Waals surface area contributed by atoms with Crippen molar-refractivity contribution < 1.29 is 4.74 Å². The predicted octanol–water partition coefficient (Wildman–Crippen LogP) is 5.09. The van der Waals surface area contributed by atoms with E-state index in [4.69, 9.17) is 4.74 Å². The Morgan fingerprint density at radius 2 is 2.05 bits per heavy atom. The molecule has 1 aliphatic carbocycles. The van der Waals surface area contributed by atoms with Crippen molar-refractivity contribution in [1.29, 1.82) is 0 Å². The van der Waals surface area contributed by atoms with E-state index in [-0.39, 0.29) is 0 Å². The van der Waals surface area contributed by atoms with Gasteiger partial charge in [0.1, 0.15) is 5.75 Å². The van der Waals surface area contributed by atoms with E-state index in [1.165, 1.54) is 37.7 Å². The number of hydrogen-bond acceptors (Lipinski definition) is 2. The second-order valence-electron chi connectivity index (χ2n) is 6.39. The highest BCUT2D eigenvalue weighted by Gasteiger charge is 2.23. The Hall–Kier alpha value is -1.02. The Morgan fingerprint density at radius 1 is 1.24 bits per heavy atom. The molecule has 0 radical (unpaired) electrons. The Kier molecular flexibility index (Phi) is 6.56. The van der Waals surface area contributed by atoms with E-state index in [1.807, 2.05) is 0 Å². The highest BCUT2D eigenvalue weighted by molar-refractivity contribution is 5.35. The lowest BCUT2D eigenvalue weighted by Crippen LogP contribution is -2.26. The molecule has 0 aromatic heterocycles. The highest BCUT2D eigenvalue weighted by Crippen LogP contribution is 2.32. The fourth-order valence-corrected chi connectivity index (χ4v) is 3.32. The topological polar surface area (TPSA) is 21.3 Å². The Bertz CT molecular complexity index is 418. The van der Waals surface area contributed by atoms with Crippen LogP contribution in [0.1, 0.15) is 70.9 Å². The molecular weight excluding hydrogens is 258 g/mol. The minimum absolute atomic E-state index is 0.353. The first-order chi connectivity index (χ1) is 10.2. The van der Waals surface area contributed by atoms with Crippen LogP contribution in [-0.2, 0) is 0 Å². The maximum Gasteiger partial charge on any atom is 0.124 e. The summed E-state index contributed by atoms with van der Waals surface area (Å²) in [5.41, 5.74) is 1.30. The summed E-state index contributed by atoms with van der Waals surface area (Å²) in [5, 5.41) is 3.57. The summed E-state index contributed by atoms with van der Waals surface area (Å²) in [7, 11) is 0. The van der Waals surface area contributed by atoms with E-state index in [0.29, 0.717) is 12.1 Å². The van der Waals surface area contributed by atoms with Crippen LogP contribution in [-0.4, -0.2) is 12.6 Å². The molecular formula is C19H31NO. The van der Waals surface area contributed by atoms with Gasteiger partial charge in [0.25, 0.3) is 0 Å². The van der Waals surface area contributed by atoms with Gasteiger partial charge >= 0.3 is 0 Å². The van der Waals surface area contributed by atoms with Gasteiger partial charge < -0.3 is 10.1 Å². The van der Waals surface area contributed by atoms with Gasteiger partial charge in [-0.05, 0) is 51.1 Å². The molecule has 1 aliphatic rings. The van der Waals surface area contributed by atoms with Crippen LogP contribution in [0, 0.1) is 5.92 Å². The number of ether oxygens (including phenoxy) is 1. The van der Waals surface area contributed by atoms with Gasteiger partial charge in [-0.15, -0.1) is 0 Å². The summed E-state index contributed by atoms with van der Waals surface area (Å²) in [5.74, 6) is 1.93. The van der Waals surface area contributed by atoms with Crippen molar-refractivity contribution in [3.63, 3.8) is 0 Å². The molecule has 0 heterocycles. The lowest BCUT2D eigenvalue weighted by atomic mass is 9.85. The first-order valence-electron chi connectivity index (χ1n) is 8.73. The maximum atomic E-state index is 6.38. The molecule has 0 amide bonds. The third-order valence-corrected chi connectivity index (χ3v) is 4.69. The van der Waals surface area contributed by atoms with E-state index in [2.05, 4.69) is 50.4 Å². The van der Waals surface area contributed by atoms with E-state index in [9.17, 15) is 0 Å². The number of rotatable bonds is 7. The first kappa shape index (κ1) is 16.4. The smallest absolute Gasteiger partial charge is 0.124 e. The predicted molar refractivity (Wildman–Crippen MR) is 89.8 cm³/mol. The second kappa shape index (κ2) is 8.43. The van der Waals surface area contributed by atoms with E-state index in [1.54, 1.807) is 0 Å². The summed E-state index contributed by atoms with van der Waals surface area (Å²) >= 11 is 0. The molecule has 0 spiro atoms. The zero-order valence-electron chi connectivity index (χ0n) is 13.9. The molecule has 0 bridgehead atoms. The monoisotopic (exact) mass is 289 g/mol. The van der Waals surface area contributed by atoms with Crippen molar-refractivity contribution in [3.8, 4) is 5.75 Å². The fourth-order valence-electron chi connectivity index (χ4n) is 3.32. The van der Waals surface area contributed by atoms with Crippen LogP contribution in [0.25, 0.3) is 0 Å². The molecule has 1 saturated carbocycles. The van der Waals surface area contributed by atoms with Crippen LogP contribution in [0.15, 0.2) is 24.3 Å². The number of hydrogen-bond donors (Lipinski definition) is 1. The molecule has 0 saturated heterocycles. The summed E-state index contributed by atoms with van der Waals surface area (Å²) in [6, 6.07) is 8.89. The van der Waals surface area contributed by atoms with Gasteiger partial charge in [0.2, 0.25) is 0 Å². The van der Waals surface area contributed by atoms with E-state index in [0.717, 1.165) is 24.6 Å². The molecule has 3 unspecified atom stereocenters. The van der Waals surface area contributed by atoms with Crippen LogP contribution in [0.2, 0.25) is 0 Å². The quantitative estimate of drug-likeness (QED) is 0.754. The molecule has 1 aromatic carbocycles. The van der Waals surface area contributed by atoms with E-state index < -0.39 is 0 Å². The molecule has 1 fully saturated rings. The molecule has 2 rings (SSSR count). The van der Waals surface area contributed by atoms with Gasteiger partial charge in [0.15, 0.2) is 0 Å². The third-order valence-electron chi connectivity index (χ3n) is 4.69. The van der Waals surface area contributed by atoms with E-state index >= 15 is 0 Å². The summed E-state index contributed by atoms with van der Waals surface area (Å²) in [4.78, 5) is 0. The molecule has 1 N–H and O–H groups in total. The van der Waals surface area contributed by atoms with Crippen LogP contribution in [0.3, 0.4) is 0 Å². The Labute approximate surface area is 130 Å². The van der Waals surface area contributed by atoms with Crippen molar-refractivity contribution in [2.24, 2.45) is 5.92 Å². The number of nitrogens with one attached hydrogen (secondary N) is 1. The normalized spacial score (nSPS) is 23.8. The minimum atomic E-state index is 0.353. The molecule has 118 valence electrons. The maximum absolute atomic E-state index is 6.38. The zero-order valence-corrected chi connectivity index (χ0v) is 13.9. The van der Waals surface area contributed by atoms with Gasteiger partial charge in [-0.25, -0.2) is 0 Å². The third kappa shape index (κ3) is 4.74. The number of benzene rings is 1. The van der Waals surface area contributed by atoms with Gasteiger partial charge in [-0.1, -0.05) is 44.9 Å². The fraction of sp³-hybridized carbons (Fsp3) is 0.684. The zero-order chi connectivity index (χ0) is 15.1. The summed E-state index contributed by atoms with van der Waals surface area (Å²) in [6.45, 7) is 7.79. The Morgan fingerprint density at radius 3 is 2.81 bits per heavy atom. The highest BCUT2D eigenvalue weighted by atomic mass is 16.5. The van der Waals surface area contributed by atoms with Gasteiger partial charge in [0, 0.05) is 11.6 Å². The van der Waals surface area contributed by atoms with Crippen LogP contribution in [0.4, 0.5) is 0 Å². The number of para-hydroxylation sites is 1. The molecule has 2 heteroatoms. The molecule has 0 aliphatic heterocycles. The van der Waals surface area contributed by atoms with Gasteiger partial charge in [0.05, 0.1) is 6.10 Å². The van der Waals surface area contributed by atoms with Crippen LogP contribution >= 0.6 is 0 Å². The first-order valence-corrected chi connectivity index (χ1v) is 8.73. The van der Waals surface area contributed by atoms with Crippen molar-refractivity contribution in [1.82, 2.24) is 5.32 Å². The molecule has 21 heavy (non-hydrogen) atoms. The lowest BCUT2D eigenvalue weighted by molar-refractivity contribution is 0.120. The average Bonchev–Trinajstić information content (AvgIpc) is 2.53. The summed E-state index contributed by atoms with van der Waals surface area (Å²) in [6.07, 6.45) is 7.98. The van der Waals surface area contributed by atoms with Gasteiger partial charge in [-0.2, -0.15) is 0 Å². The van der Waals surface area contributed by atoms with Gasteiger partial charge in [-0.3, -0.25) is 0 Å². The second-order valence-corrected chi connectivity index (χ2v) is 6.39. The van der Waals surface area contributed by atoms with Crippen LogP contribution < -0.4 is 10.1 Å². The lowest BCUT2D eigenvalue weighted by Gasteiger charge is -2.30. The van der Waals surface area contributed by atoms with Crippen LogP contribution in [0.5, 0.6) is 5.75 Å². The van der Waals surface area contributed by atoms with Crippen molar-refractivity contribution in [3.05, 3.63) is 29.8 Å². The summed E-state index contributed by atoms with van der Waals surface area (Å²) < 4.78 is 6.38. The van der Waals surface area contributed by atoms with Crippen molar-refractivity contribution in [2.75, 3.05) is 6.54 Å².